The van der Waals surface area contributed by atoms with Gasteiger partial charge >= 0.3 is 5.97 Å². The van der Waals surface area contributed by atoms with E-state index in [1.807, 2.05) is 6.08 Å². The van der Waals surface area contributed by atoms with Gasteiger partial charge in [-0.25, -0.2) is 0 Å². The summed E-state index contributed by atoms with van der Waals surface area (Å²) in [5, 5.41) is 23.2. The Bertz CT molecular complexity index is 1110. The molecule has 66 heavy (non-hydrogen) atoms. The molecule has 0 aliphatic heterocycles. The summed E-state index contributed by atoms with van der Waals surface area (Å²) in [6.07, 6.45) is 69.9. The number of carbonyl (C=O) groups is 2. The molecule has 0 aromatic rings. The Morgan fingerprint density at radius 3 is 1.24 bits per heavy atom. The van der Waals surface area contributed by atoms with Crippen LogP contribution in [0.15, 0.2) is 48.6 Å². The van der Waals surface area contributed by atoms with Crippen LogP contribution in [0, 0.1) is 0 Å². The average Bonchev–Trinajstić information content (AvgIpc) is 3.32. The van der Waals surface area contributed by atoms with Gasteiger partial charge in [0.25, 0.3) is 0 Å². The Morgan fingerprint density at radius 2 is 0.788 bits per heavy atom. The number of ether oxygens (including phenoxy) is 1. The Morgan fingerprint density at radius 1 is 0.424 bits per heavy atom. The first-order chi connectivity index (χ1) is 32.5. The molecule has 0 aliphatic rings. The summed E-state index contributed by atoms with van der Waals surface area (Å²) in [4.78, 5) is 24.5. The van der Waals surface area contributed by atoms with Crippen LogP contribution in [0.5, 0.6) is 0 Å². The van der Waals surface area contributed by atoms with Crippen LogP contribution in [0.25, 0.3) is 0 Å². The molecule has 2 atom stereocenters. The third kappa shape index (κ3) is 51.2. The van der Waals surface area contributed by atoms with Crippen molar-refractivity contribution in [3.63, 3.8) is 0 Å². The van der Waals surface area contributed by atoms with Gasteiger partial charge in [-0.1, -0.05) is 249 Å². The minimum atomic E-state index is -0.864. The Kier molecular flexibility index (Phi) is 53.6. The van der Waals surface area contributed by atoms with Crippen LogP contribution in [0.2, 0.25) is 0 Å². The second-order valence-electron chi connectivity index (χ2n) is 19.6. The van der Waals surface area contributed by atoms with Crippen LogP contribution >= 0.6 is 0 Å². The van der Waals surface area contributed by atoms with Crippen molar-refractivity contribution in [2.24, 2.45) is 0 Å². The molecule has 0 aliphatic carbocycles. The fraction of sp³-hybridized carbons (Fsp3) is 0.833. The van der Waals surface area contributed by atoms with Gasteiger partial charge in [-0.15, -0.1) is 0 Å². The van der Waals surface area contributed by atoms with Crippen molar-refractivity contribution >= 4 is 11.9 Å². The van der Waals surface area contributed by atoms with Crippen molar-refractivity contribution in [1.29, 1.82) is 0 Å². The van der Waals surface area contributed by atoms with Crippen molar-refractivity contribution in [1.82, 2.24) is 5.32 Å². The van der Waals surface area contributed by atoms with Crippen LogP contribution in [0.3, 0.4) is 0 Å². The number of unbranched alkanes of at least 4 members (excludes halogenated alkanes) is 36. The van der Waals surface area contributed by atoms with Crippen LogP contribution in [-0.2, 0) is 14.3 Å². The molecule has 0 aromatic heterocycles. The molecule has 0 aromatic carbocycles. The summed E-state index contributed by atoms with van der Waals surface area (Å²) < 4.78 is 5.44. The summed E-state index contributed by atoms with van der Waals surface area (Å²) in [5.41, 5.74) is 0. The van der Waals surface area contributed by atoms with E-state index in [2.05, 4.69) is 55.6 Å². The normalized spacial score (nSPS) is 13.0. The minimum Gasteiger partial charge on any atom is -0.466 e. The first-order valence-corrected chi connectivity index (χ1v) is 28.9. The topological polar surface area (TPSA) is 95.9 Å². The maximum absolute atomic E-state index is 12.5. The van der Waals surface area contributed by atoms with Gasteiger partial charge < -0.3 is 20.3 Å². The molecular formula is C60H111NO5. The van der Waals surface area contributed by atoms with Gasteiger partial charge in [0.15, 0.2) is 0 Å². The standard InChI is InChI=1S/C60H111NO5/c1-3-5-7-9-11-13-15-17-18-19-20-21-22-23-24-25-26-29-32-36-40-44-48-52-58(63)57(56-62)61-59(64)53-49-45-41-37-33-30-27-31-35-39-43-47-51-55-66-60(65)54-50-46-42-38-34-28-16-14-12-10-8-6-4-2/h8,10,14,16,30,33,48,52,57-58,62-63H,3-7,9,11-13,15,17-29,31-32,34-47,49-51,53-56H2,1-2H3,(H,61,64)/b10-8-,16-14-,33-30-,52-48+. The highest BCUT2D eigenvalue weighted by molar-refractivity contribution is 5.76. The Labute approximate surface area is 410 Å². The lowest BCUT2D eigenvalue weighted by Crippen LogP contribution is -2.45. The van der Waals surface area contributed by atoms with E-state index in [1.165, 1.54) is 186 Å². The van der Waals surface area contributed by atoms with Crippen LogP contribution in [0.1, 0.15) is 296 Å². The minimum absolute atomic E-state index is 0.0295. The number of rotatable bonds is 53. The fourth-order valence-electron chi connectivity index (χ4n) is 8.61. The molecule has 6 heteroatoms. The molecule has 2 unspecified atom stereocenters. The fourth-order valence-corrected chi connectivity index (χ4v) is 8.61. The maximum atomic E-state index is 12.5. The number of nitrogens with one attached hydrogen (secondary N) is 1. The number of hydrogen-bond acceptors (Lipinski definition) is 5. The second-order valence-corrected chi connectivity index (χ2v) is 19.6. The molecular weight excluding hydrogens is 815 g/mol. The predicted molar refractivity (Wildman–Crippen MR) is 287 cm³/mol. The number of allylic oxidation sites excluding steroid dienone is 7. The Balaban J connectivity index is 3.54. The average molecular weight is 927 g/mol. The molecule has 0 bridgehead atoms. The molecule has 0 spiro atoms. The van der Waals surface area contributed by atoms with Gasteiger partial charge in [0.1, 0.15) is 0 Å². The van der Waals surface area contributed by atoms with Crippen LogP contribution < -0.4 is 5.32 Å². The van der Waals surface area contributed by atoms with Crippen LogP contribution in [-0.4, -0.2) is 47.4 Å². The van der Waals surface area contributed by atoms with E-state index in [0.29, 0.717) is 19.4 Å². The van der Waals surface area contributed by atoms with Gasteiger partial charge in [-0.2, -0.15) is 0 Å². The summed E-state index contributed by atoms with van der Waals surface area (Å²) >= 11 is 0. The van der Waals surface area contributed by atoms with E-state index in [1.54, 1.807) is 6.08 Å². The number of amides is 1. The van der Waals surface area contributed by atoms with Crippen LogP contribution in [0.4, 0.5) is 0 Å². The highest BCUT2D eigenvalue weighted by Crippen LogP contribution is 2.16. The van der Waals surface area contributed by atoms with Gasteiger partial charge in [0, 0.05) is 12.8 Å². The van der Waals surface area contributed by atoms with Crippen molar-refractivity contribution in [3.8, 4) is 0 Å². The molecule has 0 fully saturated rings. The van der Waals surface area contributed by atoms with E-state index >= 15 is 0 Å². The smallest absolute Gasteiger partial charge is 0.305 e. The summed E-state index contributed by atoms with van der Waals surface area (Å²) in [7, 11) is 0. The molecule has 0 saturated carbocycles. The lowest BCUT2D eigenvalue weighted by Gasteiger charge is -2.19. The number of hydrogen-bond donors (Lipinski definition) is 3. The van der Waals surface area contributed by atoms with Gasteiger partial charge in [0.05, 0.1) is 25.4 Å². The zero-order valence-corrected chi connectivity index (χ0v) is 43.9. The molecule has 386 valence electrons. The zero-order chi connectivity index (χ0) is 47.9. The largest absolute Gasteiger partial charge is 0.466 e. The molecule has 0 radical (unpaired) electrons. The van der Waals surface area contributed by atoms with Crippen molar-refractivity contribution in [3.05, 3.63) is 48.6 Å². The van der Waals surface area contributed by atoms with Gasteiger partial charge in [0.2, 0.25) is 5.91 Å². The summed E-state index contributed by atoms with van der Waals surface area (Å²) in [5.74, 6) is -0.127. The molecule has 6 nitrogen and oxygen atoms in total. The maximum Gasteiger partial charge on any atom is 0.305 e. The molecule has 0 rings (SSSR count). The van der Waals surface area contributed by atoms with Crippen molar-refractivity contribution in [2.45, 2.75) is 309 Å². The molecule has 0 heterocycles. The molecule has 0 saturated heterocycles. The van der Waals surface area contributed by atoms with Gasteiger partial charge in [-0.3, -0.25) is 9.59 Å². The van der Waals surface area contributed by atoms with E-state index in [9.17, 15) is 19.8 Å². The Hall–Kier alpha value is -2.18. The highest BCUT2D eigenvalue weighted by Gasteiger charge is 2.18. The van der Waals surface area contributed by atoms with Gasteiger partial charge in [-0.05, 0) is 83.5 Å². The molecule has 3 N–H and O–H groups in total. The van der Waals surface area contributed by atoms with E-state index in [0.717, 1.165) is 83.5 Å². The number of aliphatic hydroxyl groups excluding tert-OH is 2. The SMILES string of the molecule is CCC/C=C\C/C=C\CCCCCCCC(=O)OCCCCCCCC/C=C\CCCCCC(=O)NC(CO)C(O)/C=C/CCCCCCCCCCCCCCCCCCCCCCC. The zero-order valence-electron chi connectivity index (χ0n) is 43.9. The van der Waals surface area contributed by atoms with Crippen molar-refractivity contribution in [2.75, 3.05) is 13.2 Å². The number of esters is 1. The number of aliphatic hydroxyl groups is 2. The monoisotopic (exact) mass is 926 g/mol. The first-order valence-electron chi connectivity index (χ1n) is 28.9. The summed E-state index contributed by atoms with van der Waals surface area (Å²) in [6, 6.07) is -0.651. The second kappa shape index (κ2) is 55.4. The van der Waals surface area contributed by atoms with Crippen molar-refractivity contribution < 1.29 is 24.5 Å². The first kappa shape index (κ1) is 63.8. The lowest BCUT2D eigenvalue weighted by molar-refractivity contribution is -0.143. The highest BCUT2D eigenvalue weighted by atomic mass is 16.5. The quantitative estimate of drug-likeness (QED) is 0.0321. The van der Waals surface area contributed by atoms with E-state index in [-0.39, 0.29) is 18.5 Å². The molecule has 1 amide bonds. The predicted octanol–water partition coefficient (Wildman–Crippen LogP) is 17.8. The lowest BCUT2D eigenvalue weighted by atomic mass is 10.0. The van der Waals surface area contributed by atoms with E-state index in [4.69, 9.17) is 4.74 Å². The summed E-state index contributed by atoms with van der Waals surface area (Å²) in [6.45, 7) is 4.80. The third-order valence-corrected chi connectivity index (χ3v) is 13.0. The number of carbonyl (C=O) groups excluding carboxylic acids is 2. The van der Waals surface area contributed by atoms with E-state index < -0.39 is 12.1 Å². The third-order valence-electron chi connectivity index (χ3n) is 13.0.